The second-order valence-corrected chi connectivity index (χ2v) is 4.25. The fourth-order valence-electron chi connectivity index (χ4n) is 2.61. The van der Waals surface area contributed by atoms with Gasteiger partial charge in [-0.2, -0.15) is 0 Å². The standard InChI is InChI=1S/C12H19NO/c1-2-10-11(6-7-12(10)14)13-8-4-3-5-9-13/h2-9H2,1H3. The number of rotatable bonds is 2. The summed E-state index contributed by atoms with van der Waals surface area (Å²) in [7, 11) is 0. The van der Waals surface area contributed by atoms with E-state index in [9.17, 15) is 4.79 Å². The smallest absolute Gasteiger partial charge is 0.160 e. The monoisotopic (exact) mass is 193 g/mol. The van der Waals surface area contributed by atoms with E-state index >= 15 is 0 Å². The van der Waals surface area contributed by atoms with Crippen LogP contribution in [0, 0.1) is 0 Å². The van der Waals surface area contributed by atoms with Crippen LogP contribution in [-0.2, 0) is 4.79 Å². The van der Waals surface area contributed by atoms with Gasteiger partial charge in [-0.15, -0.1) is 0 Å². The van der Waals surface area contributed by atoms with E-state index in [0.29, 0.717) is 5.78 Å². The molecule has 14 heavy (non-hydrogen) atoms. The van der Waals surface area contributed by atoms with Gasteiger partial charge in [0, 0.05) is 30.8 Å². The molecule has 0 N–H and O–H groups in total. The zero-order valence-corrected chi connectivity index (χ0v) is 9.01. The van der Waals surface area contributed by atoms with Crippen molar-refractivity contribution in [3.8, 4) is 0 Å². The maximum atomic E-state index is 11.6. The number of nitrogens with zero attached hydrogens (tertiary/aromatic N) is 1. The molecule has 78 valence electrons. The summed E-state index contributed by atoms with van der Waals surface area (Å²) in [6.45, 7) is 4.45. The van der Waals surface area contributed by atoms with Crippen LogP contribution in [0.2, 0.25) is 0 Å². The first-order valence-electron chi connectivity index (χ1n) is 5.83. The predicted molar refractivity (Wildman–Crippen MR) is 57.0 cm³/mol. The van der Waals surface area contributed by atoms with Crippen LogP contribution >= 0.6 is 0 Å². The second-order valence-electron chi connectivity index (χ2n) is 4.25. The normalized spacial score (nSPS) is 23.5. The van der Waals surface area contributed by atoms with Gasteiger partial charge in [-0.3, -0.25) is 4.79 Å². The molecular weight excluding hydrogens is 174 g/mol. The quantitative estimate of drug-likeness (QED) is 0.671. The van der Waals surface area contributed by atoms with Crippen LogP contribution in [-0.4, -0.2) is 23.8 Å². The Kier molecular flexibility index (Phi) is 2.90. The molecule has 0 aromatic heterocycles. The van der Waals surface area contributed by atoms with Gasteiger partial charge >= 0.3 is 0 Å². The van der Waals surface area contributed by atoms with Gasteiger partial charge in [-0.25, -0.2) is 0 Å². The number of carbonyl (C=O) groups is 1. The van der Waals surface area contributed by atoms with Crippen molar-refractivity contribution < 1.29 is 4.79 Å². The fraction of sp³-hybridized carbons (Fsp3) is 0.750. The Morgan fingerprint density at radius 2 is 1.86 bits per heavy atom. The van der Waals surface area contributed by atoms with Crippen molar-refractivity contribution in [1.82, 2.24) is 4.90 Å². The van der Waals surface area contributed by atoms with E-state index in [1.54, 1.807) is 0 Å². The molecule has 1 saturated heterocycles. The number of hydrogen-bond acceptors (Lipinski definition) is 2. The molecule has 0 unspecified atom stereocenters. The molecule has 0 amide bonds. The lowest BCUT2D eigenvalue weighted by atomic mass is 10.1. The van der Waals surface area contributed by atoms with Crippen LogP contribution in [0.4, 0.5) is 0 Å². The summed E-state index contributed by atoms with van der Waals surface area (Å²) < 4.78 is 0. The lowest BCUT2D eigenvalue weighted by molar-refractivity contribution is -0.115. The first-order valence-corrected chi connectivity index (χ1v) is 5.83. The predicted octanol–water partition coefficient (Wildman–Crippen LogP) is 2.50. The van der Waals surface area contributed by atoms with Gasteiger partial charge in [-0.05, 0) is 32.1 Å². The molecule has 0 saturated carbocycles. The van der Waals surface area contributed by atoms with Gasteiger partial charge in [0.1, 0.15) is 0 Å². The fourth-order valence-corrected chi connectivity index (χ4v) is 2.61. The first kappa shape index (κ1) is 9.75. The molecular formula is C12H19NO. The molecule has 2 rings (SSSR count). The molecule has 0 spiro atoms. The average Bonchev–Trinajstić information content (AvgIpc) is 2.61. The van der Waals surface area contributed by atoms with Crippen molar-refractivity contribution in [3.63, 3.8) is 0 Å². The van der Waals surface area contributed by atoms with Crippen molar-refractivity contribution in [2.45, 2.75) is 45.4 Å². The molecule has 0 bridgehead atoms. The minimum atomic E-state index is 0.396. The summed E-state index contributed by atoms with van der Waals surface area (Å²) >= 11 is 0. The van der Waals surface area contributed by atoms with Crippen LogP contribution < -0.4 is 0 Å². The van der Waals surface area contributed by atoms with Gasteiger partial charge in [0.05, 0.1) is 0 Å². The van der Waals surface area contributed by atoms with E-state index in [2.05, 4.69) is 11.8 Å². The van der Waals surface area contributed by atoms with Crippen LogP contribution in [0.25, 0.3) is 0 Å². The molecule has 0 aromatic rings. The molecule has 2 heteroatoms. The van der Waals surface area contributed by atoms with E-state index in [1.807, 2.05) is 0 Å². The van der Waals surface area contributed by atoms with Crippen molar-refractivity contribution in [3.05, 3.63) is 11.3 Å². The third-order valence-electron chi connectivity index (χ3n) is 3.37. The molecule has 0 aromatic carbocycles. The third kappa shape index (κ3) is 1.70. The summed E-state index contributed by atoms with van der Waals surface area (Å²) in [5, 5.41) is 0. The topological polar surface area (TPSA) is 20.3 Å². The number of likely N-dealkylation sites (tertiary alicyclic amines) is 1. The maximum Gasteiger partial charge on any atom is 0.160 e. The zero-order valence-electron chi connectivity index (χ0n) is 9.01. The van der Waals surface area contributed by atoms with Crippen molar-refractivity contribution in [1.29, 1.82) is 0 Å². The lowest BCUT2D eigenvalue weighted by Crippen LogP contribution is -2.29. The van der Waals surface area contributed by atoms with Crippen molar-refractivity contribution >= 4 is 5.78 Å². The van der Waals surface area contributed by atoms with Gasteiger partial charge in [0.2, 0.25) is 0 Å². The molecule has 1 aliphatic heterocycles. The van der Waals surface area contributed by atoms with E-state index in [-0.39, 0.29) is 0 Å². The number of carbonyl (C=O) groups excluding carboxylic acids is 1. The van der Waals surface area contributed by atoms with E-state index in [4.69, 9.17) is 0 Å². The summed E-state index contributed by atoms with van der Waals surface area (Å²) in [5.41, 5.74) is 2.49. The van der Waals surface area contributed by atoms with Crippen molar-refractivity contribution in [2.75, 3.05) is 13.1 Å². The Balaban J connectivity index is 2.14. The summed E-state index contributed by atoms with van der Waals surface area (Å²) in [5.74, 6) is 0.396. The van der Waals surface area contributed by atoms with Crippen LogP contribution in [0.1, 0.15) is 45.4 Å². The maximum absolute atomic E-state index is 11.6. The van der Waals surface area contributed by atoms with E-state index in [0.717, 1.165) is 24.8 Å². The minimum absolute atomic E-state index is 0.396. The number of allylic oxidation sites excluding steroid dienone is 2. The number of piperidine rings is 1. The lowest BCUT2D eigenvalue weighted by Gasteiger charge is -2.30. The molecule has 1 fully saturated rings. The van der Waals surface area contributed by atoms with E-state index in [1.165, 1.54) is 38.0 Å². The molecule has 1 aliphatic carbocycles. The summed E-state index contributed by atoms with van der Waals surface area (Å²) in [6.07, 6.45) is 6.64. The molecule has 0 radical (unpaired) electrons. The van der Waals surface area contributed by atoms with Gasteiger partial charge in [-0.1, -0.05) is 6.92 Å². The Bertz CT molecular complexity index is 261. The van der Waals surface area contributed by atoms with Gasteiger partial charge < -0.3 is 4.90 Å². The number of ketones is 1. The highest BCUT2D eigenvalue weighted by Crippen LogP contribution is 2.29. The SMILES string of the molecule is CCC1=C(N2CCCCC2)CCC1=O. The minimum Gasteiger partial charge on any atom is -0.374 e. The number of Topliss-reactive ketones (excluding diaryl/α,β-unsaturated/α-hetero) is 1. The average molecular weight is 193 g/mol. The van der Waals surface area contributed by atoms with Gasteiger partial charge in [0.15, 0.2) is 5.78 Å². The van der Waals surface area contributed by atoms with Crippen molar-refractivity contribution in [2.24, 2.45) is 0 Å². The van der Waals surface area contributed by atoms with Crippen LogP contribution in [0.15, 0.2) is 11.3 Å². The number of hydrogen-bond donors (Lipinski definition) is 0. The Hall–Kier alpha value is -0.790. The molecule has 1 heterocycles. The molecule has 0 atom stereocenters. The van der Waals surface area contributed by atoms with E-state index < -0.39 is 0 Å². The zero-order chi connectivity index (χ0) is 9.97. The largest absolute Gasteiger partial charge is 0.374 e. The first-order chi connectivity index (χ1) is 6.83. The second kappa shape index (κ2) is 4.16. The third-order valence-corrected chi connectivity index (χ3v) is 3.37. The summed E-state index contributed by atoms with van der Waals surface area (Å²) in [6, 6.07) is 0. The Morgan fingerprint density at radius 1 is 1.14 bits per heavy atom. The summed E-state index contributed by atoms with van der Waals surface area (Å²) in [4.78, 5) is 14.0. The van der Waals surface area contributed by atoms with Gasteiger partial charge in [0.25, 0.3) is 0 Å². The van der Waals surface area contributed by atoms with Crippen LogP contribution in [0.5, 0.6) is 0 Å². The highest BCUT2D eigenvalue weighted by atomic mass is 16.1. The Labute approximate surface area is 86.0 Å². The molecule has 2 aliphatic rings. The highest BCUT2D eigenvalue weighted by Gasteiger charge is 2.25. The molecule has 2 nitrogen and oxygen atoms in total. The van der Waals surface area contributed by atoms with Crippen LogP contribution in [0.3, 0.4) is 0 Å². The Morgan fingerprint density at radius 3 is 2.50 bits per heavy atom. The highest BCUT2D eigenvalue weighted by molar-refractivity contribution is 5.98.